The summed E-state index contributed by atoms with van der Waals surface area (Å²) < 4.78 is 15.2. The van der Waals surface area contributed by atoms with Crippen LogP contribution in [0.4, 0.5) is 0 Å². The smallest absolute Gasteiger partial charge is 0.308 e. The molecule has 0 aliphatic rings. The van der Waals surface area contributed by atoms with E-state index in [9.17, 15) is 9.59 Å². The molecule has 0 radical (unpaired) electrons. The molecular weight excluding hydrogens is 324 g/mol. The molecule has 0 saturated carbocycles. The molecule has 0 saturated heterocycles. The third kappa shape index (κ3) is 5.07. The molecule has 0 aromatic heterocycles. The first-order valence-corrected chi connectivity index (χ1v) is 7.37. The molecule has 0 spiro atoms. The van der Waals surface area contributed by atoms with Crippen LogP contribution < -0.4 is 19.6 Å². The van der Waals surface area contributed by atoms with Gasteiger partial charge in [0.25, 0.3) is 5.91 Å². The summed E-state index contributed by atoms with van der Waals surface area (Å²) in [5.74, 6) is 0.673. The molecule has 130 valence electrons. The molecule has 0 unspecified atom stereocenters. The Balaban J connectivity index is 1.99. The average Bonchev–Trinajstić information content (AvgIpc) is 2.62. The molecule has 0 atom stereocenters. The second-order valence-electron chi connectivity index (χ2n) is 4.93. The first kappa shape index (κ1) is 18.0. The van der Waals surface area contributed by atoms with Gasteiger partial charge in [-0.2, -0.15) is 5.10 Å². The van der Waals surface area contributed by atoms with Crippen LogP contribution in [0.3, 0.4) is 0 Å². The van der Waals surface area contributed by atoms with E-state index in [1.807, 2.05) is 0 Å². The van der Waals surface area contributed by atoms with E-state index in [4.69, 9.17) is 14.2 Å². The molecule has 0 heterocycles. The Hall–Kier alpha value is -3.35. The minimum Gasteiger partial charge on any atom is -0.493 e. The highest BCUT2D eigenvalue weighted by Gasteiger charge is 2.09. The van der Waals surface area contributed by atoms with Gasteiger partial charge in [0.1, 0.15) is 5.75 Å². The average molecular weight is 342 g/mol. The van der Waals surface area contributed by atoms with Crippen molar-refractivity contribution in [1.82, 2.24) is 5.43 Å². The van der Waals surface area contributed by atoms with Crippen LogP contribution >= 0.6 is 0 Å². The van der Waals surface area contributed by atoms with Crippen LogP contribution in [0.2, 0.25) is 0 Å². The Kier molecular flexibility index (Phi) is 6.11. The van der Waals surface area contributed by atoms with E-state index in [1.165, 1.54) is 27.4 Å². The van der Waals surface area contributed by atoms with E-state index in [0.717, 1.165) is 5.56 Å². The number of hydrogen-bond acceptors (Lipinski definition) is 6. The van der Waals surface area contributed by atoms with Crippen molar-refractivity contribution in [1.29, 1.82) is 0 Å². The third-order valence-electron chi connectivity index (χ3n) is 3.17. The van der Waals surface area contributed by atoms with Gasteiger partial charge in [-0.1, -0.05) is 0 Å². The predicted octanol–water partition coefficient (Wildman–Crippen LogP) is 2.39. The third-order valence-corrected chi connectivity index (χ3v) is 3.17. The number of carbonyl (C=O) groups is 2. The molecule has 2 rings (SSSR count). The van der Waals surface area contributed by atoms with E-state index in [-0.39, 0.29) is 11.9 Å². The summed E-state index contributed by atoms with van der Waals surface area (Å²) in [6.45, 7) is 1.33. The fourth-order valence-corrected chi connectivity index (χ4v) is 2.00. The van der Waals surface area contributed by atoms with Crippen molar-refractivity contribution < 1.29 is 23.8 Å². The maximum Gasteiger partial charge on any atom is 0.308 e. The number of methoxy groups -OCH3 is 2. The molecule has 7 heteroatoms. The highest BCUT2D eigenvalue weighted by Crippen LogP contribution is 2.27. The zero-order chi connectivity index (χ0) is 18.2. The molecule has 1 N–H and O–H groups in total. The lowest BCUT2D eigenvalue weighted by Crippen LogP contribution is -2.17. The molecule has 2 aromatic rings. The number of rotatable bonds is 6. The Morgan fingerprint density at radius 3 is 2.28 bits per heavy atom. The quantitative estimate of drug-likeness (QED) is 0.377. The number of esters is 1. The van der Waals surface area contributed by atoms with Crippen molar-refractivity contribution in [3.05, 3.63) is 53.6 Å². The first-order valence-electron chi connectivity index (χ1n) is 7.37. The van der Waals surface area contributed by atoms with Gasteiger partial charge in [0.05, 0.1) is 20.4 Å². The lowest BCUT2D eigenvalue weighted by molar-refractivity contribution is -0.131. The van der Waals surface area contributed by atoms with Crippen LogP contribution in [-0.2, 0) is 4.79 Å². The normalized spacial score (nSPS) is 10.4. The summed E-state index contributed by atoms with van der Waals surface area (Å²) >= 11 is 0. The molecule has 25 heavy (non-hydrogen) atoms. The minimum atomic E-state index is -0.386. The minimum absolute atomic E-state index is 0.381. The van der Waals surface area contributed by atoms with Gasteiger partial charge in [0.2, 0.25) is 0 Å². The molecule has 1 amide bonds. The largest absolute Gasteiger partial charge is 0.493 e. The standard InChI is InChI=1S/C18H18N2O5/c1-12(21)25-15-7-4-13(5-8-15)11-19-20-18(22)14-6-9-16(23-2)17(10-14)24-3/h4-11H,1-3H3,(H,20,22)/b19-11-. The topological polar surface area (TPSA) is 86.2 Å². The Bertz CT molecular complexity index is 785. The number of amides is 1. The molecule has 0 fully saturated rings. The summed E-state index contributed by atoms with van der Waals surface area (Å²) in [5.41, 5.74) is 3.56. The van der Waals surface area contributed by atoms with Gasteiger partial charge in [-0.15, -0.1) is 0 Å². The summed E-state index contributed by atoms with van der Waals surface area (Å²) in [7, 11) is 3.02. The second kappa shape index (κ2) is 8.49. The van der Waals surface area contributed by atoms with E-state index in [1.54, 1.807) is 42.5 Å². The lowest BCUT2D eigenvalue weighted by atomic mass is 10.2. The van der Waals surface area contributed by atoms with Gasteiger partial charge in [0, 0.05) is 12.5 Å². The van der Waals surface area contributed by atoms with Crippen LogP contribution in [0.15, 0.2) is 47.6 Å². The summed E-state index contributed by atoms with van der Waals surface area (Å²) in [6, 6.07) is 11.5. The predicted molar refractivity (Wildman–Crippen MR) is 92.4 cm³/mol. The molecule has 2 aromatic carbocycles. The number of hydrogen-bond donors (Lipinski definition) is 1. The summed E-state index contributed by atoms with van der Waals surface area (Å²) in [6.07, 6.45) is 1.48. The van der Waals surface area contributed by atoms with Crippen LogP contribution in [-0.4, -0.2) is 32.3 Å². The Morgan fingerprint density at radius 1 is 1.00 bits per heavy atom. The zero-order valence-corrected chi connectivity index (χ0v) is 14.1. The maximum atomic E-state index is 12.1. The van der Waals surface area contributed by atoms with Gasteiger partial charge in [0.15, 0.2) is 11.5 Å². The summed E-state index contributed by atoms with van der Waals surface area (Å²) in [4.78, 5) is 23.0. The molecular formula is C18H18N2O5. The Labute approximate surface area is 145 Å². The van der Waals surface area contributed by atoms with E-state index < -0.39 is 0 Å². The van der Waals surface area contributed by atoms with Crippen LogP contribution in [0.25, 0.3) is 0 Å². The van der Waals surface area contributed by atoms with Gasteiger partial charge >= 0.3 is 5.97 Å². The molecule has 7 nitrogen and oxygen atoms in total. The van der Waals surface area contributed by atoms with Crippen LogP contribution in [0.5, 0.6) is 17.2 Å². The van der Waals surface area contributed by atoms with Crippen molar-refractivity contribution in [3.63, 3.8) is 0 Å². The molecule has 0 bridgehead atoms. The van der Waals surface area contributed by atoms with Crippen LogP contribution in [0, 0.1) is 0 Å². The highest BCUT2D eigenvalue weighted by atomic mass is 16.5. The zero-order valence-electron chi connectivity index (χ0n) is 14.1. The number of hydrazone groups is 1. The fourth-order valence-electron chi connectivity index (χ4n) is 2.00. The second-order valence-corrected chi connectivity index (χ2v) is 4.93. The highest BCUT2D eigenvalue weighted by molar-refractivity contribution is 5.95. The fraction of sp³-hybridized carbons (Fsp3) is 0.167. The number of benzene rings is 2. The SMILES string of the molecule is COc1ccc(C(=O)N/N=C\c2ccc(OC(C)=O)cc2)cc1OC. The van der Waals surface area contributed by atoms with Gasteiger partial charge in [-0.25, -0.2) is 5.43 Å². The number of nitrogens with one attached hydrogen (secondary N) is 1. The van der Waals surface area contributed by atoms with E-state index in [0.29, 0.717) is 22.8 Å². The van der Waals surface area contributed by atoms with Gasteiger partial charge in [-0.3, -0.25) is 9.59 Å². The van der Waals surface area contributed by atoms with E-state index in [2.05, 4.69) is 10.5 Å². The van der Waals surface area contributed by atoms with Gasteiger partial charge < -0.3 is 14.2 Å². The molecule has 0 aliphatic heterocycles. The van der Waals surface area contributed by atoms with Crippen LogP contribution in [0.1, 0.15) is 22.8 Å². The summed E-state index contributed by atoms with van der Waals surface area (Å²) in [5, 5.41) is 3.90. The van der Waals surface area contributed by atoms with E-state index >= 15 is 0 Å². The van der Waals surface area contributed by atoms with Crippen molar-refractivity contribution in [2.75, 3.05) is 14.2 Å². The van der Waals surface area contributed by atoms with Crippen molar-refractivity contribution in [2.24, 2.45) is 5.10 Å². The van der Waals surface area contributed by atoms with Crippen molar-refractivity contribution in [2.45, 2.75) is 6.92 Å². The van der Waals surface area contributed by atoms with Crippen molar-refractivity contribution >= 4 is 18.1 Å². The number of carbonyl (C=O) groups excluding carboxylic acids is 2. The Morgan fingerprint density at radius 2 is 1.68 bits per heavy atom. The monoisotopic (exact) mass is 342 g/mol. The molecule has 0 aliphatic carbocycles. The first-order chi connectivity index (χ1) is 12.0. The maximum absolute atomic E-state index is 12.1. The lowest BCUT2D eigenvalue weighted by Gasteiger charge is -2.08. The number of ether oxygens (including phenoxy) is 3. The van der Waals surface area contributed by atoms with Crippen molar-refractivity contribution in [3.8, 4) is 17.2 Å². The van der Waals surface area contributed by atoms with Gasteiger partial charge in [-0.05, 0) is 48.0 Å². The number of nitrogens with zero attached hydrogens (tertiary/aromatic N) is 1.